The van der Waals surface area contributed by atoms with Crippen molar-refractivity contribution in [2.24, 2.45) is 5.92 Å². The van der Waals surface area contributed by atoms with Crippen LogP contribution in [-0.2, 0) is 9.59 Å². The zero-order valence-corrected chi connectivity index (χ0v) is 11.9. The summed E-state index contributed by atoms with van der Waals surface area (Å²) in [6, 6.07) is 7.20. The van der Waals surface area contributed by atoms with Crippen molar-refractivity contribution in [3.63, 3.8) is 0 Å². The van der Waals surface area contributed by atoms with Crippen LogP contribution in [0.5, 0.6) is 0 Å². The maximum Gasteiger partial charge on any atom is 0.209 e. The van der Waals surface area contributed by atoms with Crippen molar-refractivity contribution in [2.45, 2.75) is 24.2 Å². The average Bonchev–Trinajstić information content (AvgIpc) is 2.47. The Hall–Kier alpha value is -1.68. The molecule has 0 N–H and O–H groups in total. The molecule has 104 valence electrons. The third-order valence-electron chi connectivity index (χ3n) is 3.29. The molecule has 1 aromatic rings. The molecule has 0 heterocycles. The van der Waals surface area contributed by atoms with Crippen LogP contribution in [0.3, 0.4) is 0 Å². The van der Waals surface area contributed by atoms with Gasteiger partial charge in [0, 0.05) is 22.6 Å². The molecule has 0 amide bonds. The van der Waals surface area contributed by atoms with E-state index in [1.165, 1.54) is 0 Å². The van der Waals surface area contributed by atoms with E-state index in [9.17, 15) is 14.4 Å². The van der Waals surface area contributed by atoms with E-state index in [0.717, 1.165) is 10.6 Å². The zero-order chi connectivity index (χ0) is 14.5. The van der Waals surface area contributed by atoms with Crippen LogP contribution in [0.25, 0.3) is 0 Å². The fourth-order valence-electron chi connectivity index (χ4n) is 2.26. The lowest BCUT2D eigenvalue weighted by molar-refractivity contribution is -0.139. The van der Waals surface area contributed by atoms with Crippen molar-refractivity contribution >= 4 is 29.1 Å². The number of rotatable bonds is 5. The van der Waals surface area contributed by atoms with Crippen LogP contribution in [0, 0.1) is 5.92 Å². The second-order valence-electron chi connectivity index (χ2n) is 4.72. The number of thioether (sulfide) groups is 1. The predicted octanol–water partition coefficient (Wildman–Crippen LogP) is 3.09. The Morgan fingerprint density at radius 2 is 2.20 bits per heavy atom. The molecule has 1 fully saturated rings. The van der Waals surface area contributed by atoms with Crippen LogP contribution < -0.4 is 0 Å². The summed E-state index contributed by atoms with van der Waals surface area (Å²) < 4.78 is 0. The Labute approximate surface area is 122 Å². The molecular weight excluding hydrogens is 272 g/mol. The molecule has 0 saturated heterocycles. The van der Waals surface area contributed by atoms with Gasteiger partial charge < -0.3 is 0 Å². The highest BCUT2D eigenvalue weighted by Gasteiger charge is 2.34. The Morgan fingerprint density at radius 1 is 1.40 bits per heavy atom. The molecule has 2 rings (SSSR count). The van der Waals surface area contributed by atoms with E-state index in [0.29, 0.717) is 18.4 Å². The minimum Gasteiger partial charge on any atom is -0.293 e. The van der Waals surface area contributed by atoms with Crippen molar-refractivity contribution in [2.75, 3.05) is 5.75 Å². The lowest BCUT2D eigenvalue weighted by atomic mass is 9.82. The predicted molar refractivity (Wildman–Crippen MR) is 79.0 cm³/mol. The summed E-state index contributed by atoms with van der Waals surface area (Å²) in [5.74, 6) is -1.18. The van der Waals surface area contributed by atoms with Crippen LogP contribution in [0.2, 0.25) is 0 Å². The highest BCUT2D eigenvalue weighted by molar-refractivity contribution is 7.99. The van der Waals surface area contributed by atoms with E-state index in [1.807, 2.05) is 6.07 Å². The minimum absolute atomic E-state index is 0.232. The molecule has 20 heavy (non-hydrogen) atoms. The Kier molecular flexibility index (Phi) is 4.90. The second-order valence-corrected chi connectivity index (χ2v) is 5.82. The van der Waals surface area contributed by atoms with E-state index in [4.69, 9.17) is 0 Å². The van der Waals surface area contributed by atoms with Crippen LogP contribution in [0.4, 0.5) is 0 Å². The van der Waals surface area contributed by atoms with E-state index < -0.39 is 17.5 Å². The monoisotopic (exact) mass is 288 g/mol. The number of carbonyl (C=O) groups excluding carboxylic acids is 3. The highest BCUT2D eigenvalue weighted by Crippen LogP contribution is 2.25. The van der Waals surface area contributed by atoms with Gasteiger partial charge in [-0.25, -0.2) is 0 Å². The Balaban J connectivity index is 2.18. The van der Waals surface area contributed by atoms with Crippen LogP contribution in [0.1, 0.15) is 29.6 Å². The molecule has 1 saturated carbocycles. The van der Waals surface area contributed by atoms with Crippen molar-refractivity contribution in [3.8, 4) is 0 Å². The van der Waals surface area contributed by atoms with Crippen LogP contribution >= 0.6 is 11.8 Å². The van der Waals surface area contributed by atoms with Gasteiger partial charge in [-0.15, -0.1) is 18.3 Å². The van der Waals surface area contributed by atoms with Gasteiger partial charge in [0.25, 0.3) is 0 Å². The quantitative estimate of drug-likeness (QED) is 0.275. The molecule has 1 aromatic carbocycles. The number of hydrogen-bond acceptors (Lipinski definition) is 4. The summed E-state index contributed by atoms with van der Waals surface area (Å²) in [6.07, 6.45) is 3.17. The lowest BCUT2D eigenvalue weighted by Crippen LogP contribution is -2.34. The molecule has 0 spiro atoms. The Morgan fingerprint density at radius 3 is 2.95 bits per heavy atom. The topological polar surface area (TPSA) is 51.2 Å². The first-order chi connectivity index (χ1) is 9.63. The van der Waals surface area contributed by atoms with Gasteiger partial charge in [-0.3, -0.25) is 14.4 Å². The van der Waals surface area contributed by atoms with Crippen molar-refractivity contribution in [3.05, 3.63) is 42.5 Å². The van der Waals surface area contributed by atoms with Crippen LogP contribution in [-0.4, -0.2) is 23.1 Å². The maximum absolute atomic E-state index is 12.4. The molecule has 0 aromatic heterocycles. The SMILES string of the molecule is C=CCSc1cccc(C(=O)C2CCCC(=O)C2=O)c1. The third kappa shape index (κ3) is 3.25. The summed E-state index contributed by atoms with van der Waals surface area (Å²) in [7, 11) is 0. The first kappa shape index (κ1) is 14.7. The average molecular weight is 288 g/mol. The fraction of sp³-hybridized carbons (Fsp3) is 0.312. The normalized spacial score (nSPS) is 18.9. The van der Waals surface area contributed by atoms with Gasteiger partial charge in [0.1, 0.15) is 0 Å². The molecule has 1 unspecified atom stereocenters. The van der Waals surface area contributed by atoms with E-state index in [2.05, 4.69) is 6.58 Å². The van der Waals surface area contributed by atoms with Gasteiger partial charge in [-0.1, -0.05) is 18.2 Å². The van der Waals surface area contributed by atoms with E-state index >= 15 is 0 Å². The number of carbonyl (C=O) groups is 3. The Bertz CT molecular complexity index is 563. The maximum atomic E-state index is 12.4. The van der Waals surface area contributed by atoms with Gasteiger partial charge in [-0.05, 0) is 25.0 Å². The summed E-state index contributed by atoms with van der Waals surface area (Å²) >= 11 is 1.58. The first-order valence-corrected chi connectivity index (χ1v) is 7.57. The van der Waals surface area contributed by atoms with E-state index in [-0.39, 0.29) is 12.2 Å². The van der Waals surface area contributed by atoms with Gasteiger partial charge in [-0.2, -0.15) is 0 Å². The molecule has 0 radical (unpaired) electrons. The van der Waals surface area contributed by atoms with Crippen molar-refractivity contribution < 1.29 is 14.4 Å². The van der Waals surface area contributed by atoms with Crippen molar-refractivity contribution in [1.29, 1.82) is 0 Å². The smallest absolute Gasteiger partial charge is 0.209 e. The van der Waals surface area contributed by atoms with Gasteiger partial charge >= 0.3 is 0 Å². The summed E-state index contributed by atoms with van der Waals surface area (Å²) in [4.78, 5) is 36.6. The number of ketones is 3. The van der Waals surface area contributed by atoms with E-state index in [1.54, 1.807) is 36.0 Å². The fourth-order valence-corrected chi connectivity index (χ4v) is 2.96. The molecule has 1 aliphatic rings. The highest BCUT2D eigenvalue weighted by atomic mass is 32.2. The van der Waals surface area contributed by atoms with Gasteiger partial charge in [0.2, 0.25) is 5.78 Å². The molecule has 3 nitrogen and oxygen atoms in total. The van der Waals surface area contributed by atoms with Gasteiger partial charge in [0.15, 0.2) is 11.6 Å². The largest absolute Gasteiger partial charge is 0.293 e. The second kappa shape index (κ2) is 6.66. The molecule has 1 aliphatic carbocycles. The molecule has 0 aliphatic heterocycles. The molecule has 1 atom stereocenters. The zero-order valence-electron chi connectivity index (χ0n) is 11.1. The summed E-state index contributed by atoms with van der Waals surface area (Å²) in [6.45, 7) is 3.66. The molecular formula is C16H16O3S. The molecule has 4 heteroatoms. The van der Waals surface area contributed by atoms with Crippen molar-refractivity contribution in [1.82, 2.24) is 0 Å². The number of hydrogen-bond donors (Lipinski definition) is 0. The number of Topliss-reactive ketones (excluding diaryl/α,β-unsaturated/α-hetero) is 3. The lowest BCUT2D eigenvalue weighted by Gasteiger charge is -2.18. The third-order valence-corrected chi connectivity index (χ3v) is 4.28. The van der Waals surface area contributed by atoms with Crippen LogP contribution in [0.15, 0.2) is 41.8 Å². The summed E-state index contributed by atoms with van der Waals surface area (Å²) in [5, 5.41) is 0. The number of benzene rings is 1. The summed E-state index contributed by atoms with van der Waals surface area (Å²) in [5.41, 5.74) is 0.507. The minimum atomic E-state index is -0.782. The first-order valence-electron chi connectivity index (χ1n) is 6.58. The molecule has 0 bridgehead atoms. The standard InChI is InChI=1S/C16H16O3S/c1-2-9-20-12-6-3-5-11(10-12)15(18)13-7-4-8-14(17)16(13)19/h2-3,5-6,10,13H,1,4,7-9H2. The van der Waals surface area contributed by atoms with Gasteiger partial charge in [0.05, 0.1) is 5.92 Å².